The second kappa shape index (κ2) is 7.49. The first-order valence-corrected chi connectivity index (χ1v) is 8.76. The molecule has 2 nitrogen and oxygen atoms in total. The average molecular weight is 467 g/mol. The molecule has 132 valence electrons. The zero-order valence-corrected chi connectivity index (χ0v) is 15.5. The first-order chi connectivity index (χ1) is 12.3. The van der Waals surface area contributed by atoms with Crippen molar-refractivity contribution in [2.24, 2.45) is 0 Å². The van der Waals surface area contributed by atoms with Gasteiger partial charge in [-0.1, -0.05) is 30.3 Å². The van der Waals surface area contributed by atoms with Crippen molar-refractivity contribution in [3.05, 3.63) is 87.5 Å². The van der Waals surface area contributed by atoms with Gasteiger partial charge in [-0.3, -0.25) is 4.79 Å². The van der Waals surface area contributed by atoms with E-state index in [1.54, 1.807) is 36.4 Å². The summed E-state index contributed by atoms with van der Waals surface area (Å²) in [5, 5.41) is 2.81. The minimum absolute atomic E-state index is 0.318. The van der Waals surface area contributed by atoms with Crippen LogP contribution in [0.3, 0.4) is 0 Å². The minimum atomic E-state index is -4.39. The summed E-state index contributed by atoms with van der Waals surface area (Å²) in [5.74, 6) is -0.318. The molecular formula is C20H13F3INO. The third kappa shape index (κ3) is 4.24. The van der Waals surface area contributed by atoms with Crippen LogP contribution in [0.4, 0.5) is 18.9 Å². The van der Waals surface area contributed by atoms with Crippen LogP contribution in [0.25, 0.3) is 11.1 Å². The minimum Gasteiger partial charge on any atom is -0.322 e. The number of halogens is 4. The number of hydrogen-bond donors (Lipinski definition) is 1. The number of carbonyl (C=O) groups is 1. The highest BCUT2D eigenvalue weighted by Gasteiger charge is 2.30. The van der Waals surface area contributed by atoms with Gasteiger partial charge in [-0.2, -0.15) is 13.2 Å². The van der Waals surface area contributed by atoms with Crippen molar-refractivity contribution in [2.45, 2.75) is 6.18 Å². The van der Waals surface area contributed by atoms with Gasteiger partial charge in [0.15, 0.2) is 0 Å². The van der Waals surface area contributed by atoms with Crippen molar-refractivity contribution in [2.75, 3.05) is 5.32 Å². The highest BCUT2D eigenvalue weighted by molar-refractivity contribution is 14.1. The quantitative estimate of drug-likeness (QED) is 0.455. The summed E-state index contributed by atoms with van der Waals surface area (Å²) < 4.78 is 39.3. The number of rotatable bonds is 3. The molecule has 0 spiro atoms. The van der Waals surface area contributed by atoms with Crippen molar-refractivity contribution < 1.29 is 18.0 Å². The van der Waals surface area contributed by atoms with Crippen LogP contribution >= 0.6 is 22.6 Å². The maximum Gasteiger partial charge on any atom is 0.416 e. The molecule has 0 aliphatic rings. The van der Waals surface area contributed by atoms with Crippen LogP contribution < -0.4 is 5.32 Å². The van der Waals surface area contributed by atoms with E-state index < -0.39 is 11.7 Å². The van der Waals surface area contributed by atoms with Gasteiger partial charge in [0.05, 0.1) is 5.56 Å². The summed E-state index contributed by atoms with van der Waals surface area (Å²) >= 11 is 2.17. The predicted octanol–water partition coefficient (Wildman–Crippen LogP) is 6.23. The summed E-state index contributed by atoms with van der Waals surface area (Å²) in [6.45, 7) is 0. The Morgan fingerprint density at radius 3 is 2.08 bits per heavy atom. The van der Waals surface area contributed by atoms with Crippen molar-refractivity contribution >= 4 is 34.2 Å². The largest absolute Gasteiger partial charge is 0.416 e. The van der Waals surface area contributed by atoms with Gasteiger partial charge in [0.25, 0.3) is 5.91 Å². The number of anilines is 1. The molecule has 0 unspecified atom stereocenters. The molecule has 3 aromatic carbocycles. The maximum absolute atomic E-state index is 12.7. The van der Waals surface area contributed by atoms with Crippen LogP contribution in [0, 0.1) is 3.57 Å². The topological polar surface area (TPSA) is 29.1 Å². The molecule has 0 aliphatic heterocycles. The molecule has 0 atom stereocenters. The van der Waals surface area contributed by atoms with Gasteiger partial charge in [-0.05, 0) is 76.2 Å². The smallest absolute Gasteiger partial charge is 0.322 e. The van der Waals surface area contributed by atoms with Crippen LogP contribution in [0.2, 0.25) is 0 Å². The summed E-state index contributed by atoms with van der Waals surface area (Å²) in [4.78, 5) is 12.6. The molecule has 3 rings (SSSR count). The van der Waals surface area contributed by atoms with E-state index in [4.69, 9.17) is 0 Å². The van der Waals surface area contributed by atoms with Crippen LogP contribution in [0.15, 0.2) is 72.8 Å². The fraction of sp³-hybridized carbons (Fsp3) is 0.0500. The Bertz CT molecular complexity index is 919. The second-order valence-corrected chi connectivity index (χ2v) is 6.83. The monoisotopic (exact) mass is 467 g/mol. The number of carbonyl (C=O) groups excluding carboxylic acids is 1. The van der Waals surface area contributed by atoms with Crippen LogP contribution in [-0.2, 0) is 6.18 Å². The highest BCUT2D eigenvalue weighted by atomic mass is 127. The number of alkyl halides is 3. The molecule has 0 bridgehead atoms. The van der Waals surface area contributed by atoms with Crippen LogP contribution in [0.5, 0.6) is 0 Å². The fourth-order valence-electron chi connectivity index (χ4n) is 2.50. The van der Waals surface area contributed by atoms with Crippen molar-refractivity contribution in [1.82, 2.24) is 0 Å². The molecule has 3 aromatic rings. The van der Waals surface area contributed by atoms with Gasteiger partial charge in [-0.25, -0.2) is 0 Å². The highest BCUT2D eigenvalue weighted by Crippen LogP contribution is 2.32. The Morgan fingerprint density at radius 2 is 1.46 bits per heavy atom. The lowest BCUT2D eigenvalue weighted by Crippen LogP contribution is -2.13. The lowest BCUT2D eigenvalue weighted by molar-refractivity contribution is -0.137. The summed E-state index contributed by atoms with van der Waals surface area (Å²) in [6, 6.07) is 18.9. The van der Waals surface area contributed by atoms with E-state index in [0.29, 0.717) is 22.4 Å². The average Bonchev–Trinajstić information content (AvgIpc) is 2.63. The van der Waals surface area contributed by atoms with E-state index in [1.165, 1.54) is 12.1 Å². The first-order valence-electron chi connectivity index (χ1n) is 7.68. The van der Waals surface area contributed by atoms with Crippen LogP contribution in [0.1, 0.15) is 15.9 Å². The SMILES string of the molecule is O=C(Nc1ccc(I)cc1)c1ccccc1-c1ccc(C(F)(F)F)cc1. The Balaban J connectivity index is 1.90. The number of amides is 1. The number of benzene rings is 3. The van der Waals surface area contributed by atoms with Gasteiger partial charge in [0.2, 0.25) is 0 Å². The molecule has 0 fully saturated rings. The van der Waals surface area contributed by atoms with E-state index in [-0.39, 0.29) is 5.91 Å². The third-order valence-corrected chi connectivity index (χ3v) is 4.52. The zero-order valence-electron chi connectivity index (χ0n) is 13.3. The molecule has 6 heteroatoms. The number of hydrogen-bond acceptors (Lipinski definition) is 1. The molecule has 0 heterocycles. The first kappa shape index (κ1) is 18.4. The van der Waals surface area contributed by atoms with Crippen molar-refractivity contribution in [3.8, 4) is 11.1 Å². The van der Waals surface area contributed by atoms with Gasteiger partial charge in [0, 0.05) is 14.8 Å². The molecule has 0 saturated heterocycles. The molecule has 0 saturated carbocycles. The predicted molar refractivity (Wildman–Crippen MR) is 104 cm³/mol. The van der Waals surface area contributed by atoms with Gasteiger partial charge >= 0.3 is 6.18 Å². The zero-order chi connectivity index (χ0) is 18.7. The van der Waals surface area contributed by atoms with E-state index in [9.17, 15) is 18.0 Å². The van der Waals surface area contributed by atoms with Gasteiger partial charge in [-0.15, -0.1) is 0 Å². The van der Waals surface area contributed by atoms with Gasteiger partial charge in [0.1, 0.15) is 0 Å². The maximum atomic E-state index is 12.7. The summed E-state index contributed by atoms with van der Waals surface area (Å²) in [7, 11) is 0. The van der Waals surface area contributed by atoms with E-state index in [1.807, 2.05) is 12.1 Å². The third-order valence-electron chi connectivity index (χ3n) is 3.80. The lowest BCUT2D eigenvalue weighted by atomic mass is 9.98. The Kier molecular flexibility index (Phi) is 5.31. The molecular weight excluding hydrogens is 454 g/mol. The van der Waals surface area contributed by atoms with E-state index in [0.717, 1.165) is 15.7 Å². The molecule has 26 heavy (non-hydrogen) atoms. The van der Waals surface area contributed by atoms with Gasteiger partial charge < -0.3 is 5.32 Å². The number of nitrogens with one attached hydrogen (secondary N) is 1. The second-order valence-electron chi connectivity index (χ2n) is 5.58. The van der Waals surface area contributed by atoms with E-state index >= 15 is 0 Å². The Hall–Kier alpha value is -2.35. The molecule has 1 amide bonds. The molecule has 1 N–H and O–H groups in total. The Morgan fingerprint density at radius 1 is 0.846 bits per heavy atom. The normalized spacial score (nSPS) is 11.2. The standard InChI is InChI=1S/C20H13F3INO/c21-20(22,23)14-7-5-13(6-8-14)17-3-1-2-4-18(17)19(26)25-16-11-9-15(24)10-12-16/h1-12H,(H,25,26). The van der Waals surface area contributed by atoms with Crippen molar-refractivity contribution in [1.29, 1.82) is 0 Å². The lowest BCUT2D eigenvalue weighted by Gasteiger charge is -2.12. The summed E-state index contributed by atoms with van der Waals surface area (Å²) in [5.41, 5.74) is 1.45. The fourth-order valence-corrected chi connectivity index (χ4v) is 2.86. The molecule has 0 radical (unpaired) electrons. The summed E-state index contributed by atoms with van der Waals surface area (Å²) in [6.07, 6.45) is -4.39. The Labute approximate surface area is 162 Å². The van der Waals surface area contributed by atoms with E-state index in [2.05, 4.69) is 27.9 Å². The van der Waals surface area contributed by atoms with Crippen molar-refractivity contribution in [3.63, 3.8) is 0 Å². The molecule has 0 aromatic heterocycles. The molecule has 0 aliphatic carbocycles. The van der Waals surface area contributed by atoms with Crippen LogP contribution in [-0.4, -0.2) is 5.91 Å².